The van der Waals surface area contributed by atoms with Gasteiger partial charge in [0.25, 0.3) is 5.91 Å². The molecule has 1 saturated carbocycles. The smallest absolute Gasteiger partial charge is 0.321 e. The standard InChI is InChI=1S/C21H29BrN2O6/c1-4-28-17-10-14(16(22)12-18(17)29-5-2)11-19(25)30-13(3)20(26)24-21(27)23-15-8-6-7-9-15/h10,12-13,15H,4-9,11H2,1-3H3,(H2,23,24,26,27). The van der Waals surface area contributed by atoms with Crippen molar-refractivity contribution in [1.82, 2.24) is 10.6 Å². The Kier molecular flexibility index (Phi) is 9.42. The number of urea groups is 1. The molecule has 3 amide bonds. The van der Waals surface area contributed by atoms with Gasteiger partial charge < -0.3 is 19.5 Å². The summed E-state index contributed by atoms with van der Waals surface area (Å²) >= 11 is 3.42. The fourth-order valence-corrected chi connectivity index (χ4v) is 3.66. The lowest BCUT2D eigenvalue weighted by atomic mass is 10.1. The number of benzene rings is 1. The van der Waals surface area contributed by atoms with Crippen LogP contribution in [0.2, 0.25) is 0 Å². The summed E-state index contributed by atoms with van der Waals surface area (Å²) < 4.78 is 17.0. The van der Waals surface area contributed by atoms with Gasteiger partial charge in [-0.05, 0) is 51.3 Å². The lowest BCUT2D eigenvalue weighted by molar-refractivity contribution is -0.153. The Bertz CT molecular complexity index is 764. The normalized spacial score (nSPS) is 14.7. The van der Waals surface area contributed by atoms with E-state index in [0.29, 0.717) is 34.7 Å². The van der Waals surface area contributed by atoms with Gasteiger partial charge in [0.05, 0.1) is 19.6 Å². The van der Waals surface area contributed by atoms with Crippen LogP contribution >= 0.6 is 15.9 Å². The molecule has 2 rings (SSSR count). The van der Waals surface area contributed by atoms with E-state index in [1.54, 1.807) is 12.1 Å². The molecule has 9 heteroatoms. The van der Waals surface area contributed by atoms with E-state index in [0.717, 1.165) is 25.7 Å². The fourth-order valence-electron chi connectivity index (χ4n) is 3.20. The van der Waals surface area contributed by atoms with Crippen molar-refractivity contribution in [2.45, 2.75) is 65.0 Å². The zero-order chi connectivity index (χ0) is 22.1. The van der Waals surface area contributed by atoms with Crippen molar-refractivity contribution < 1.29 is 28.6 Å². The van der Waals surface area contributed by atoms with Gasteiger partial charge >= 0.3 is 12.0 Å². The van der Waals surface area contributed by atoms with Crippen molar-refractivity contribution >= 4 is 33.8 Å². The topological polar surface area (TPSA) is 103 Å². The molecule has 0 aliphatic heterocycles. The number of rotatable bonds is 9. The third kappa shape index (κ3) is 7.19. The third-order valence-corrected chi connectivity index (χ3v) is 5.39. The largest absolute Gasteiger partial charge is 0.490 e. The van der Waals surface area contributed by atoms with Gasteiger partial charge in [-0.2, -0.15) is 0 Å². The molecule has 8 nitrogen and oxygen atoms in total. The molecule has 30 heavy (non-hydrogen) atoms. The van der Waals surface area contributed by atoms with Crippen LogP contribution in [0.15, 0.2) is 16.6 Å². The molecule has 0 bridgehead atoms. The number of imide groups is 1. The predicted molar refractivity (Wildman–Crippen MR) is 115 cm³/mol. The van der Waals surface area contributed by atoms with Crippen LogP contribution < -0.4 is 20.1 Å². The molecular formula is C21H29BrN2O6. The second-order valence-electron chi connectivity index (χ2n) is 7.01. The Labute approximate surface area is 185 Å². The van der Waals surface area contributed by atoms with Crippen LogP contribution in [0.25, 0.3) is 0 Å². The molecule has 0 heterocycles. The number of nitrogens with one attached hydrogen (secondary N) is 2. The highest BCUT2D eigenvalue weighted by atomic mass is 79.9. The van der Waals surface area contributed by atoms with Crippen molar-refractivity contribution in [3.8, 4) is 11.5 Å². The van der Waals surface area contributed by atoms with E-state index >= 15 is 0 Å². The molecule has 0 aromatic heterocycles. The van der Waals surface area contributed by atoms with Crippen LogP contribution in [0.4, 0.5) is 4.79 Å². The zero-order valence-corrected chi connectivity index (χ0v) is 19.2. The summed E-state index contributed by atoms with van der Waals surface area (Å²) in [6.45, 7) is 6.08. The van der Waals surface area contributed by atoms with E-state index in [4.69, 9.17) is 14.2 Å². The fraction of sp³-hybridized carbons (Fsp3) is 0.571. The molecule has 0 saturated heterocycles. The summed E-state index contributed by atoms with van der Waals surface area (Å²) in [5.41, 5.74) is 0.637. The second kappa shape index (κ2) is 11.8. The summed E-state index contributed by atoms with van der Waals surface area (Å²) in [6.07, 6.45) is 2.79. The molecule has 1 aliphatic rings. The molecule has 1 unspecified atom stereocenters. The van der Waals surface area contributed by atoms with Crippen molar-refractivity contribution in [2.24, 2.45) is 0 Å². The van der Waals surface area contributed by atoms with E-state index in [2.05, 4.69) is 26.6 Å². The Hall–Kier alpha value is -2.29. The Morgan fingerprint density at radius 2 is 1.70 bits per heavy atom. The number of hydrogen-bond donors (Lipinski definition) is 2. The van der Waals surface area contributed by atoms with Crippen LogP contribution in [0, 0.1) is 0 Å². The van der Waals surface area contributed by atoms with E-state index in [1.807, 2.05) is 13.8 Å². The van der Waals surface area contributed by atoms with Crippen LogP contribution in [0.5, 0.6) is 11.5 Å². The van der Waals surface area contributed by atoms with Crippen molar-refractivity contribution in [3.63, 3.8) is 0 Å². The van der Waals surface area contributed by atoms with Crippen molar-refractivity contribution in [3.05, 3.63) is 22.2 Å². The first kappa shape index (κ1) is 24.0. The van der Waals surface area contributed by atoms with E-state index < -0.39 is 24.0 Å². The minimum absolute atomic E-state index is 0.0705. The van der Waals surface area contributed by atoms with Gasteiger partial charge in [-0.15, -0.1) is 0 Å². The van der Waals surface area contributed by atoms with Gasteiger partial charge in [-0.25, -0.2) is 4.79 Å². The van der Waals surface area contributed by atoms with Crippen molar-refractivity contribution in [2.75, 3.05) is 13.2 Å². The number of halogens is 1. The van der Waals surface area contributed by atoms with Gasteiger partial charge in [0.15, 0.2) is 17.6 Å². The number of esters is 1. The first-order valence-electron chi connectivity index (χ1n) is 10.2. The van der Waals surface area contributed by atoms with E-state index in [-0.39, 0.29) is 12.5 Å². The molecule has 166 valence electrons. The molecule has 0 spiro atoms. The van der Waals surface area contributed by atoms with Crippen LogP contribution in [0.3, 0.4) is 0 Å². The zero-order valence-electron chi connectivity index (χ0n) is 17.6. The van der Waals surface area contributed by atoms with Gasteiger partial charge in [-0.1, -0.05) is 28.8 Å². The first-order valence-corrected chi connectivity index (χ1v) is 11.0. The van der Waals surface area contributed by atoms with E-state index in [1.165, 1.54) is 6.92 Å². The number of carbonyl (C=O) groups is 3. The quantitative estimate of drug-likeness (QED) is 0.520. The number of ether oxygens (including phenoxy) is 3. The maximum absolute atomic E-state index is 12.3. The average molecular weight is 485 g/mol. The summed E-state index contributed by atoms with van der Waals surface area (Å²) in [6, 6.07) is 2.97. The van der Waals surface area contributed by atoms with Gasteiger partial charge in [0.1, 0.15) is 0 Å². The Balaban J connectivity index is 1.91. The molecule has 1 aromatic carbocycles. The molecule has 1 atom stereocenters. The number of hydrogen-bond acceptors (Lipinski definition) is 6. The first-order chi connectivity index (χ1) is 14.3. The Morgan fingerprint density at radius 1 is 1.10 bits per heavy atom. The molecular weight excluding hydrogens is 456 g/mol. The lowest BCUT2D eigenvalue weighted by Crippen LogP contribution is -2.47. The SMILES string of the molecule is CCOc1cc(Br)c(CC(=O)OC(C)C(=O)NC(=O)NC2CCCC2)cc1OCC. The lowest BCUT2D eigenvalue weighted by Gasteiger charge is -2.16. The van der Waals surface area contributed by atoms with E-state index in [9.17, 15) is 14.4 Å². The monoisotopic (exact) mass is 484 g/mol. The van der Waals surface area contributed by atoms with Crippen LogP contribution in [-0.2, 0) is 20.7 Å². The number of carbonyl (C=O) groups excluding carboxylic acids is 3. The summed E-state index contributed by atoms with van der Waals surface area (Å²) in [5.74, 6) is -0.162. The molecule has 1 aliphatic carbocycles. The summed E-state index contributed by atoms with van der Waals surface area (Å²) in [7, 11) is 0. The summed E-state index contributed by atoms with van der Waals surface area (Å²) in [5, 5.41) is 4.98. The highest BCUT2D eigenvalue weighted by molar-refractivity contribution is 9.10. The molecule has 2 N–H and O–H groups in total. The maximum Gasteiger partial charge on any atom is 0.321 e. The molecule has 0 radical (unpaired) electrons. The molecule has 1 aromatic rings. The highest BCUT2D eigenvalue weighted by Crippen LogP contribution is 2.34. The minimum atomic E-state index is -1.10. The molecule has 1 fully saturated rings. The highest BCUT2D eigenvalue weighted by Gasteiger charge is 2.23. The van der Waals surface area contributed by atoms with Crippen molar-refractivity contribution in [1.29, 1.82) is 0 Å². The van der Waals surface area contributed by atoms with Crippen LogP contribution in [-0.4, -0.2) is 43.3 Å². The van der Waals surface area contributed by atoms with Crippen LogP contribution in [0.1, 0.15) is 52.0 Å². The van der Waals surface area contributed by atoms with Gasteiger partial charge in [0.2, 0.25) is 0 Å². The minimum Gasteiger partial charge on any atom is -0.490 e. The average Bonchev–Trinajstić information content (AvgIpc) is 3.18. The second-order valence-corrected chi connectivity index (χ2v) is 7.86. The summed E-state index contributed by atoms with van der Waals surface area (Å²) in [4.78, 5) is 36.4. The number of amides is 3. The van der Waals surface area contributed by atoms with Gasteiger partial charge in [-0.3, -0.25) is 14.9 Å². The predicted octanol–water partition coefficient (Wildman–Crippen LogP) is 3.49. The van der Waals surface area contributed by atoms with Gasteiger partial charge in [0, 0.05) is 10.5 Å². The Morgan fingerprint density at radius 3 is 2.30 bits per heavy atom. The maximum atomic E-state index is 12.3. The third-order valence-electron chi connectivity index (χ3n) is 4.65.